The van der Waals surface area contributed by atoms with Crippen molar-refractivity contribution < 1.29 is 23.1 Å². The number of amides is 1. The molecular formula is C21H22F2N6O3. The minimum absolute atomic E-state index is 0.0636. The Labute approximate surface area is 183 Å². The van der Waals surface area contributed by atoms with Gasteiger partial charge in [-0.15, -0.1) is 10.2 Å². The van der Waals surface area contributed by atoms with Crippen LogP contribution in [0.5, 0.6) is 0 Å². The zero-order valence-corrected chi connectivity index (χ0v) is 17.6. The van der Waals surface area contributed by atoms with Crippen LogP contribution in [0.15, 0.2) is 43.0 Å². The number of benzene rings is 1. The number of carbonyl (C=O) groups is 2. The maximum absolute atomic E-state index is 13.8. The van der Waals surface area contributed by atoms with Crippen molar-refractivity contribution in [2.45, 2.75) is 13.8 Å². The van der Waals surface area contributed by atoms with E-state index in [2.05, 4.69) is 20.5 Å². The zero-order valence-electron chi connectivity index (χ0n) is 17.6. The van der Waals surface area contributed by atoms with Gasteiger partial charge in [-0.05, 0) is 31.3 Å². The van der Waals surface area contributed by atoms with Crippen molar-refractivity contribution in [1.29, 1.82) is 0 Å². The highest BCUT2D eigenvalue weighted by atomic mass is 19.2. The van der Waals surface area contributed by atoms with Crippen LogP contribution in [0.2, 0.25) is 0 Å². The number of hydrogen-bond acceptors (Lipinski definition) is 7. The smallest absolute Gasteiger partial charge is 0.340 e. The van der Waals surface area contributed by atoms with Crippen molar-refractivity contribution in [3.8, 4) is 5.82 Å². The molecule has 2 aromatic heterocycles. The summed E-state index contributed by atoms with van der Waals surface area (Å²) in [5, 5.41) is 10.1. The molecule has 0 bridgehead atoms. The minimum atomic E-state index is -1.23. The molecule has 3 aromatic rings. The molecule has 0 saturated heterocycles. The van der Waals surface area contributed by atoms with E-state index in [9.17, 15) is 18.4 Å². The molecule has 2 heterocycles. The van der Waals surface area contributed by atoms with E-state index in [-0.39, 0.29) is 23.6 Å². The first kappa shape index (κ1) is 22.9. The molecule has 0 aliphatic carbocycles. The Morgan fingerprint density at radius 1 is 1.12 bits per heavy atom. The monoisotopic (exact) mass is 444 g/mol. The van der Waals surface area contributed by atoms with Crippen LogP contribution in [0.25, 0.3) is 5.82 Å². The SMILES string of the molecule is CCN(CC)CCOC(=O)c1cc(F)c(F)cc1NC(=O)c1ccc(-n2ccnc2)nn1. The molecule has 1 N–H and O–H groups in total. The molecule has 32 heavy (non-hydrogen) atoms. The average molecular weight is 444 g/mol. The summed E-state index contributed by atoms with van der Waals surface area (Å²) >= 11 is 0. The van der Waals surface area contributed by atoms with E-state index < -0.39 is 23.5 Å². The Balaban J connectivity index is 1.74. The second-order valence-electron chi connectivity index (χ2n) is 6.68. The maximum Gasteiger partial charge on any atom is 0.340 e. The number of carbonyl (C=O) groups excluding carboxylic acids is 2. The molecule has 3 rings (SSSR count). The van der Waals surface area contributed by atoms with Crippen molar-refractivity contribution in [2.24, 2.45) is 0 Å². The lowest BCUT2D eigenvalue weighted by Gasteiger charge is -2.18. The van der Waals surface area contributed by atoms with Gasteiger partial charge in [0.25, 0.3) is 5.91 Å². The molecule has 0 saturated carbocycles. The number of ether oxygens (including phenoxy) is 1. The van der Waals surface area contributed by atoms with E-state index in [1.165, 1.54) is 18.5 Å². The van der Waals surface area contributed by atoms with Crippen LogP contribution in [-0.4, -0.2) is 62.8 Å². The predicted molar refractivity (Wildman–Crippen MR) is 112 cm³/mol. The summed E-state index contributed by atoms with van der Waals surface area (Å²) in [6.07, 6.45) is 4.74. The summed E-state index contributed by atoms with van der Waals surface area (Å²) < 4.78 is 34.4. The molecule has 0 fully saturated rings. The molecule has 0 aliphatic rings. The quantitative estimate of drug-likeness (QED) is 0.506. The molecule has 9 nitrogen and oxygen atoms in total. The molecular weight excluding hydrogens is 422 g/mol. The van der Waals surface area contributed by atoms with Crippen LogP contribution >= 0.6 is 0 Å². The summed E-state index contributed by atoms with van der Waals surface area (Å²) in [6.45, 7) is 6.05. The lowest BCUT2D eigenvalue weighted by Crippen LogP contribution is -2.28. The van der Waals surface area contributed by atoms with Gasteiger partial charge in [-0.25, -0.2) is 18.6 Å². The molecule has 1 amide bonds. The highest BCUT2D eigenvalue weighted by Crippen LogP contribution is 2.22. The van der Waals surface area contributed by atoms with Crippen LogP contribution in [0.3, 0.4) is 0 Å². The van der Waals surface area contributed by atoms with Crippen LogP contribution in [0, 0.1) is 11.6 Å². The van der Waals surface area contributed by atoms with Gasteiger partial charge in [0.15, 0.2) is 23.1 Å². The fourth-order valence-corrected chi connectivity index (χ4v) is 2.87. The third-order valence-electron chi connectivity index (χ3n) is 4.72. The maximum atomic E-state index is 13.8. The molecule has 0 atom stereocenters. The summed E-state index contributed by atoms with van der Waals surface area (Å²) in [5.41, 5.74) is -0.624. The largest absolute Gasteiger partial charge is 0.461 e. The minimum Gasteiger partial charge on any atom is -0.461 e. The Hall–Kier alpha value is -3.73. The second kappa shape index (κ2) is 10.5. The first-order valence-electron chi connectivity index (χ1n) is 9.94. The highest BCUT2D eigenvalue weighted by molar-refractivity contribution is 6.07. The summed E-state index contributed by atoms with van der Waals surface area (Å²) in [6, 6.07) is 4.36. The van der Waals surface area contributed by atoms with Crippen molar-refractivity contribution in [3.63, 3.8) is 0 Å². The second-order valence-corrected chi connectivity index (χ2v) is 6.68. The van der Waals surface area contributed by atoms with Crippen molar-refractivity contribution in [2.75, 3.05) is 31.6 Å². The van der Waals surface area contributed by atoms with E-state index in [0.29, 0.717) is 18.4 Å². The van der Waals surface area contributed by atoms with Gasteiger partial charge in [0.1, 0.15) is 12.9 Å². The number of nitrogens with one attached hydrogen (secondary N) is 1. The predicted octanol–water partition coefficient (Wildman–Crippen LogP) is 2.69. The molecule has 0 aliphatic heterocycles. The van der Waals surface area contributed by atoms with Gasteiger partial charge < -0.3 is 15.0 Å². The molecule has 0 spiro atoms. The van der Waals surface area contributed by atoms with Crippen molar-refractivity contribution in [3.05, 3.63) is 65.9 Å². The number of hydrogen-bond donors (Lipinski definition) is 1. The third-order valence-corrected chi connectivity index (χ3v) is 4.72. The fraction of sp³-hybridized carbons (Fsp3) is 0.286. The topological polar surface area (TPSA) is 102 Å². The Morgan fingerprint density at radius 3 is 2.50 bits per heavy atom. The Morgan fingerprint density at radius 2 is 1.88 bits per heavy atom. The van der Waals surface area contributed by atoms with Crippen LogP contribution in [-0.2, 0) is 4.74 Å². The van der Waals surface area contributed by atoms with Gasteiger partial charge in [-0.3, -0.25) is 9.36 Å². The first-order chi connectivity index (χ1) is 15.4. The Bertz CT molecular complexity index is 1070. The normalized spacial score (nSPS) is 10.9. The van der Waals surface area contributed by atoms with Crippen molar-refractivity contribution >= 4 is 17.6 Å². The highest BCUT2D eigenvalue weighted by Gasteiger charge is 2.20. The zero-order chi connectivity index (χ0) is 23.1. The lowest BCUT2D eigenvalue weighted by molar-refractivity contribution is 0.0467. The molecule has 168 valence electrons. The van der Waals surface area contributed by atoms with E-state index in [1.807, 2.05) is 18.7 Å². The molecule has 0 unspecified atom stereocenters. The summed E-state index contributed by atoms with van der Waals surface area (Å²) in [7, 11) is 0. The fourth-order valence-electron chi connectivity index (χ4n) is 2.87. The summed E-state index contributed by atoms with van der Waals surface area (Å²) in [4.78, 5) is 31.0. The van der Waals surface area contributed by atoms with Crippen LogP contribution in [0.1, 0.15) is 34.7 Å². The number of imidazole rings is 1. The van der Waals surface area contributed by atoms with Gasteiger partial charge in [0, 0.05) is 25.0 Å². The number of rotatable bonds is 9. The lowest BCUT2D eigenvalue weighted by atomic mass is 10.1. The van der Waals surface area contributed by atoms with Gasteiger partial charge in [-0.2, -0.15) is 0 Å². The van der Waals surface area contributed by atoms with Crippen molar-refractivity contribution in [1.82, 2.24) is 24.6 Å². The number of anilines is 1. The number of aromatic nitrogens is 4. The van der Waals surface area contributed by atoms with E-state index in [1.54, 1.807) is 17.0 Å². The first-order valence-corrected chi connectivity index (χ1v) is 9.94. The van der Waals surface area contributed by atoms with E-state index in [0.717, 1.165) is 19.2 Å². The molecule has 11 heteroatoms. The number of likely N-dealkylation sites (N-methyl/N-ethyl adjacent to an activating group) is 1. The standard InChI is InChI=1S/C21H22F2N6O3/c1-3-28(4-2)9-10-32-21(31)14-11-15(22)16(23)12-18(14)25-20(30)17-5-6-19(27-26-17)29-8-7-24-13-29/h5-8,11-13H,3-4,9-10H2,1-2H3,(H,25,30). The van der Waals surface area contributed by atoms with Gasteiger partial charge in [-0.1, -0.05) is 13.8 Å². The number of nitrogens with zero attached hydrogens (tertiary/aromatic N) is 5. The summed E-state index contributed by atoms with van der Waals surface area (Å²) in [5.74, 6) is -3.65. The number of halogens is 2. The van der Waals surface area contributed by atoms with E-state index >= 15 is 0 Å². The molecule has 1 aromatic carbocycles. The van der Waals surface area contributed by atoms with Gasteiger partial charge in [0.2, 0.25) is 0 Å². The average Bonchev–Trinajstić information content (AvgIpc) is 3.34. The van der Waals surface area contributed by atoms with Crippen LogP contribution < -0.4 is 5.32 Å². The third kappa shape index (κ3) is 5.49. The molecule has 0 radical (unpaired) electrons. The Kier molecular flexibility index (Phi) is 7.55. The number of esters is 1. The van der Waals surface area contributed by atoms with Gasteiger partial charge >= 0.3 is 5.97 Å². The van der Waals surface area contributed by atoms with E-state index in [4.69, 9.17) is 4.74 Å². The van der Waals surface area contributed by atoms with Gasteiger partial charge in [0.05, 0.1) is 11.3 Å². The van der Waals surface area contributed by atoms with Crippen LogP contribution in [0.4, 0.5) is 14.5 Å².